The van der Waals surface area contributed by atoms with Crippen LogP contribution in [-0.2, 0) is 6.61 Å². The zero-order chi connectivity index (χ0) is 20.1. The first-order valence-corrected chi connectivity index (χ1v) is 8.52. The first kappa shape index (κ1) is 20.3. The van der Waals surface area contributed by atoms with Crippen LogP contribution in [0.2, 0.25) is 0 Å². The molecular weight excluding hydrogens is 348 g/mol. The number of benzene rings is 2. The van der Waals surface area contributed by atoms with Crippen molar-refractivity contribution in [3.05, 3.63) is 52.6 Å². The number of rotatable bonds is 7. The van der Waals surface area contributed by atoms with Gasteiger partial charge in [0.2, 0.25) is 0 Å². The van der Waals surface area contributed by atoms with Gasteiger partial charge in [-0.05, 0) is 42.7 Å². The van der Waals surface area contributed by atoms with Crippen LogP contribution in [-0.4, -0.2) is 28.4 Å². The number of phenolic OH excluding ortho intramolecular Hbond substituents is 1. The predicted octanol–water partition coefficient (Wildman–Crippen LogP) is 4.36. The van der Waals surface area contributed by atoms with Gasteiger partial charge in [-0.1, -0.05) is 26.0 Å². The number of hydrogen-bond donors (Lipinski definition) is 3. The second-order valence-corrected chi connectivity index (χ2v) is 6.50. The molecule has 0 amide bonds. The van der Waals surface area contributed by atoms with Crippen LogP contribution in [0.1, 0.15) is 40.9 Å². The molecule has 2 aromatic rings. The Bertz CT molecular complexity index is 867. The van der Waals surface area contributed by atoms with E-state index in [4.69, 9.17) is 9.47 Å². The van der Waals surface area contributed by atoms with Gasteiger partial charge in [-0.25, -0.2) is 4.79 Å². The van der Waals surface area contributed by atoms with Gasteiger partial charge in [0.05, 0.1) is 13.7 Å². The Balaban J connectivity index is 2.60. The fourth-order valence-corrected chi connectivity index (χ4v) is 2.69. The lowest BCUT2D eigenvalue weighted by atomic mass is 10.0. The highest BCUT2D eigenvalue weighted by Crippen LogP contribution is 2.40. The van der Waals surface area contributed by atoms with E-state index in [1.165, 1.54) is 19.2 Å². The Labute approximate surface area is 158 Å². The summed E-state index contributed by atoms with van der Waals surface area (Å²) < 4.78 is 11.0. The topological polar surface area (TPSA) is 96.2 Å². The second-order valence-electron chi connectivity index (χ2n) is 6.50. The molecule has 0 aliphatic rings. The van der Waals surface area contributed by atoms with E-state index in [0.29, 0.717) is 11.1 Å². The third kappa shape index (κ3) is 4.60. The minimum atomic E-state index is -1.22. The summed E-state index contributed by atoms with van der Waals surface area (Å²) in [5.74, 6) is -0.936. The van der Waals surface area contributed by atoms with Crippen LogP contribution in [0.25, 0.3) is 6.08 Å². The van der Waals surface area contributed by atoms with E-state index in [1.54, 1.807) is 25.1 Å². The Hall–Kier alpha value is -2.99. The Morgan fingerprint density at radius 2 is 1.93 bits per heavy atom. The van der Waals surface area contributed by atoms with Crippen LogP contribution in [0.15, 0.2) is 30.3 Å². The van der Waals surface area contributed by atoms with Crippen LogP contribution < -0.4 is 9.47 Å². The molecule has 6 heteroatoms. The molecule has 0 aliphatic carbocycles. The van der Waals surface area contributed by atoms with Gasteiger partial charge in [-0.3, -0.25) is 0 Å². The van der Waals surface area contributed by atoms with Gasteiger partial charge in [0.15, 0.2) is 11.5 Å². The molecule has 3 N–H and O–H groups in total. The van der Waals surface area contributed by atoms with E-state index >= 15 is 0 Å². The summed E-state index contributed by atoms with van der Waals surface area (Å²) in [5.41, 5.74) is 1.54. The quantitative estimate of drug-likeness (QED) is 0.668. The minimum absolute atomic E-state index is 0.00917. The van der Waals surface area contributed by atoms with Crippen molar-refractivity contribution in [2.75, 3.05) is 7.11 Å². The summed E-state index contributed by atoms with van der Waals surface area (Å²) in [5, 5.41) is 29.4. The number of carboxylic acids is 1. The SMILES string of the molecule is COc1c(/C=C/C(C)C)ccc(Oc2c(O)cc(C)cc2CO)c1C(=O)O. The highest BCUT2D eigenvalue weighted by atomic mass is 16.5. The average Bonchev–Trinajstić information content (AvgIpc) is 2.61. The highest BCUT2D eigenvalue weighted by Gasteiger charge is 2.23. The normalized spacial score (nSPS) is 11.2. The van der Waals surface area contributed by atoms with Crippen molar-refractivity contribution in [1.82, 2.24) is 0 Å². The maximum absolute atomic E-state index is 11.9. The smallest absolute Gasteiger partial charge is 0.343 e. The first-order chi connectivity index (χ1) is 12.8. The maximum atomic E-state index is 11.9. The number of aromatic carboxylic acids is 1. The molecule has 0 fully saturated rings. The number of aliphatic hydroxyl groups excluding tert-OH is 1. The lowest BCUT2D eigenvalue weighted by Gasteiger charge is -2.17. The molecule has 0 saturated carbocycles. The van der Waals surface area contributed by atoms with Crippen LogP contribution in [0.3, 0.4) is 0 Å². The van der Waals surface area contributed by atoms with Crippen molar-refractivity contribution in [2.24, 2.45) is 5.92 Å². The molecule has 6 nitrogen and oxygen atoms in total. The van der Waals surface area contributed by atoms with Crippen molar-refractivity contribution in [3.63, 3.8) is 0 Å². The Morgan fingerprint density at radius 1 is 1.22 bits per heavy atom. The summed E-state index contributed by atoms with van der Waals surface area (Å²) in [4.78, 5) is 11.9. The molecule has 2 rings (SSSR count). The molecule has 2 aromatic carbocycles. The molecule has 144 valence electrons. The van der Waals surface area contributed by atoms with Gasteiger partial charge >= 0.3 is 5.97 Å². The number of aliphatic hydroxyl groups is 1. The van der Waals surface area contributed by atoms with Crippen molar-refractivity contribution in [2.45, 2.75) is 27.4 Å². The number of phenols is 1. The number of aromatic hydroxyl groups is 1. The fraction of sp³-hybridized carbons (Fsp3) is 0.286. The predicted molar refractivity (Wildman–Crippen MR) is 103 cm³/mol. The van der Waals surface area contributed by atoms with Gasteiger partial charge in [0, 0.05) is 11.1 Å². The molecule has 0 aromatic heterocycles. The molecule has 0 aliphatic heterocycles. The second kappa shape index (κ2) is 8.60. The summed E-state index contributed by atoms with van der Waals surface area (Å²) in [7, 11) is 1.39. The molecule has 0 radical (unpaired) electrons. The van der Waals surface area contributed by atoms with E-state index in [-0.39, 0.29) is 41.1 Å². The molecule has 0 saturated heterocycles. The molecule has 0 heterocycles. The van der Waals surface area contributed by atoms with Crippen LogP contribution in [0.5, 0.6) is 23.0 Å². The zero-order valence-electron chi connectivity index (χ0n) is 15.8. The molecule has 0 spiro atoms. The highest BCUT2D eigenvalue weighted by molar-refractivity contribution is 5.96. The molecular formula is C21H24O6. The lowest BCUT2D eigenvalue weighted by Crippen LogP contribution is -2.06. The third-order valence-electron chi connectivity index (χ3n) is 3.90. The number of allylic oxidation sites excluding steroid dienone is 1. The number of methoxy groups -OCH3 is 1. The third-order valence-corrected chi connectivity index (χ3v) is 3.90. The average molecular weight is 372 g/mol. The molecule has 0 bridgehead atoms. The van der Waals surface area contributed by atoms with Crippen molar-refractivity contribution >= 4 is 12.0 Å². The summed E-state index contributed by atoms with van der Waals surface area (Å²) >= 11 is 0. The molecule has 0 unspecified atom stereocenters. The molecule has 0 atom stereocenters. The minimum Gasteiger partial charge on any atom is -0.504 e. The Morgan fingerprint density at radius 3 is 2.48 bits per heavy atom. The van der Waals surface area contributed by atoms with Crippen molar-refractivity contribution in [3.8, 4) is 23.0 Å². The van der Waals surface area contributed by atoms with Crippen LogP contribution in [0, 0.1) is 12.8 Å². The summed E-state index contributed by atoms with van der Waals surface area (Å²) in [6, 6.07) is 6.33. The Kier molecular flexibility index (Phi) is 6.47. The number of carbonyl (C=O) groups is 1. The van der Waals surface area contributed by atoms with Gasteiger partial charge in [-0.2, -0.15) is 0 Å². The maximum Gasteiger partial charge on any atom is 0.343 e. The van der Waals surface area contributed by atoms with Gasteiger partial charge < -0.3 is 24.8 Å². The van der Waals surface area contributed by atoms with E-state index in [0.717, 1.165) is 5.56 Å². The monoisotopic (exact) mass is 372 g/mol. The number of ether oxygens (including phenoxy) is 2. The molecule has 27 heavy (non-hydrogen) atoms. The largest absolute Gasteiger partial charge is 0.504 e. The summed E-state index contributed by atoms with van der Waals surface area (Å²) in [6.45, 7) is 5.42. The van der Waals surface area contributed by atoms with E-state index in [2.05, 4.69) is 0 Å². The van der Waals surface area contributed by atoms with Gasteiger partial charge in [0.25, 0.3) is 0 Å². The van der Waals surface area contributed by atoms with Crippen LogP contribution >= 0.6 is 0 Å². The van der Waals surface area contributed by atoms with E-state index in [9.17, 15) is 20.1 Å². The van der Waals surface area contributed by atoms with Crippen LogP contribution in [0.4, 0.5) is 0 Å². The zero-order valence-corrected chi connectivity index (χ0v) is 15.8. The number of carboxylic acid groups (broad SMARTS) is 1. The first-order valence-electron chi connectivity index (χ1n) is 8.52. The lowest BCUT2D eigenvalue weighted by molar-refractivity contribution is 0.0690. The fourth-order valence-electron chi connectivity index (χ4n) is 2.69. The standard InChI is InChI=1S/C21H24O6/c1-12(2)5-6-14-7-8-17(18(21(24)25)20(14)26-4)27-19-15(11-22)9-13(3)10-16(19)23/h5-10,12,22-23H,11H2,1-4H3,(H,24,25)/b6-5+. The van der Waals surface area contributed by atoms with Crippen molar-refractivity contribution in [1.29, 1.82) is 0 Å². The number of hydrogen-bond acceptors (Lipinski definition) is 5. The van der Waals surface area contributed by atoms with Gasteiger partial charge in [0.1, 0.15) is 17.1 Å². The summed E-state index contributed by atoms with van der Waals surface area (Å²) in [6.07, 6.45) is 3.72. The van der Waals surface area contributed by atoms with Crippen molar-refractivity contribution < 1.29 is 29.6 Å². The number of aryl methyl sites for hydroxylation is 1. The van der Waals surface area contributed by atoms with E-state index in [1.807, 2.05) is 19.9 Å². The van der Waals surface area contributed by atoms with E-state index < -0.39 is 5.97 Å². The van der Waals surface area contributed by atoms with Gasteiger partial charge in [-0.15, -0.1) is 0 Å².